The van der Waals surface area contributed by atoms with Crippen molar-refractivity contribution in [3.05, 3.63) is 46.7 Å². The number of aromatic nitrogens is 2. The van der Waals surface area contributed by atoms with E-state index in [1.54, 1.807) is 6.20 Å². The Morgan fingerprint density at radius 2 is 2.25 bits per heavy atom. The minimum absolute atomic E-state index is 0.691. The third kappa shape index (κ3) is 2.10. The number of nitrogens with zero attached hydrogens (tertiary/aromatic N) is 2. The average Bonchev–Trinajstić information content (AvgIpc) is 2.61. The first-order chi connectivity index (χ1) is 7.72. The maximum Gasteiger partial charge on any atom is 0.0835 e. The summed E-state index contributed by atoms with van der Waals surface area (Å²) in [6.45, 7) is 2.76. The van der Waals surface area contributed by atoms with Crippen molar-refractivity contribution < 1.29 is 0 Å². The van der Waals surface area contributed by atoms with Crippen molar-refractivity contribution in [3.63, 3.8) is 0 Å². The number of aryl methyl sites for hydroxylation is 1. The standard InChI is InChI=1S/C12H14ClN3/c1-9-4-3-5-10(6-9)16-12(8-14-2)11(13)7-15-16/h3-7,14H,8H2,1-2H3. The zero-order chi connectivity index (χ0) is 11.5. The predicted octanol–water partition coefficient (Wildman–Crippen LogP) is 2.55. The number of benzene rings is 1. The molecule has 4 heteroatoms. The smallest absolute Gasteiger partial charge is 0.0835 e. The Morgan fingerprint density at radius 3 is 2.94 bits per heavy atom. The van der Waals surface area contributed by atoms with Crippen molar-refractivity contribution in [1.29, 1.82) is 0 Å². The SMILES string of the molecule is CNCc1c(Cl)cnn1-c1cccc(C)c1. The zero-order valence-electron chi connectivity index (χ0n) is 9.37. The molecule has 1 heterocycles. The molecule has 0 fully saturated rings. The van der Waals surface area contributed by atoms with Crippen LogP contribution in [0.25, 0.3) is 5.69 Å². The Hall–Kier alpha value is -1.32. The van der Waals surface area contributed by atoms with Crippen molar-refractivity contribution in [2.24, 2.45) is 0 Å². The second-order valence-electron chi connectivity index (χ2n) is 3.72. The molecule has 0 unspecified atom stereocenters. The van der Waals surface area contributed by atoms with Gasteiger partial charge in [0.1, 0.15) is 0 Å². The van der Waals surface area contributed by atoms with E-state index in [4.69, 9.17) is 11.6 Å². The van der Waals surface area contributed by atoms with Crippen LogP contribution in [-0.4, -0.2) is 16.8 Å². The van der Waals surface area contributed by atoms with Gasteiger partial charge in [-0.15, -0.1) is 0 Å². The third-order valence-corrected chi connectivity index (χ3v) is 2.72. The van der Waals surface area contributed by atoms with Gasteiger partial charge in [-0.3, -0.25) is 0 Å². The van der Waals surface area contributed by atoms with Crippen LogP contribution in [0.15, 0.2) is 30.5 Å². The topological polar surface area (TPSA) is 29.9 Å². The fourth-order valence-corrected chi connectivity index (χ4v) is 1.85. The number of rotatable bonds is 3. The summed E-state index contributed by atoms with van der Waals surface area (Å²) in [5.41, 5.74) is 3.23. The summed E-state index contributed by atoms with van der Waals surface area (Å²) in [4.78, 5) is 0. The molecule has 16 heavy (non-hydrogen) atoms. The molecule has 0 amide bonds. The molecule has 0 aliphatic rings. The van der Waals surface area contributed by atoms with Gasteiger partial charge >= 0.3 is 0 Å². The molecule has 0 radical (unpaired) electrons. The molecule has 0 aliphatic carbocycles. The van der Waals surface area contributed by atoms with Crippen molar-refractivity contribution >= 4 is 11.6 Å². The van der Waals surface area contributed by atoms with E-state index in [1.165, 1.54) is 5.56 Å². The van der Waals surface area contributed by atoms with Crippen molar-refractivity contribution in [3.8, 4) is 5.69 Å². The molecule has 0 bridgehead atoms. The first kappa shape index (κ1) is 11.2. The lowest BCUT2D eigenvalue weighted by Crippen LogP contribution is -2.11. The Bertz CT molecular complexity index is 491. The normalized spacial score (nSPS) is 10.7. The van der Waals surface area contributed by atoms with Crippen LogP contribution in [-0.2, 0) is 6.54 Å². The molecular weight excluding hydrogens is 222 g/mol. The van der Waals surface area contributed by atoms with Gasteiger partial charge in [0.15, 0.2) is 0 Å². The Kier molecular flexibility index (Phi) is 3.27. The van der Waals surface area contributed by atoms with E-state index in [9.17, 15) is 0 Å². The van der Waals surface area contributed by atoms with Crippen LogP contribution in [0.2, 0.25) is 5.02 Å². The number of hydrogen-bond acceptors (Lipinski definition) is 2. The van der Waals surface area contributed by atoms with Crippen LogP contribution >= 0.6 is 11.6 Å². The molecule has 3 nitrogen and oxygen atoms in total. The van der Waals surface area contributed by atoms with E-state index < -0.39 is 0 Å². The molecule has 1 N–H and O–H groups in total. The lowest BCUT2D eigenvalue weighted by atomic mass is 10.2. The molecule has 2 rings (SSSR count). The van der Waals surface area contributed by atoms with Gasteiger partial charge in [-0.1, -0.05) is 23.7 Å². The van der Waals surface area contributed by atoms with E-state index >= 15 is 0 Å². The van der Waals surface area contributed by atoms with E-state index in [2.05, 4.69) is 29.5 Å². The molecular formula is C12H14ClN3. The fraction of sp³-hybridized carbons (Fsp3) is 0.250. The maximum atomic E-state index is 6.09. The molecule has 0 spiro atoms. The van der Waals surface area contributed by atoms with E-state index in [0.717, 1.165) is 11.4 Å². The largest absolute Gasteiger partial charge is 0.314 e. The van der Waals surface area contributed by atoms with Gasteiger partial charge in [0, 0.05) is 6.54 Å². The molecule has 0 saturated heterocycles. The lowest BCUT2D eigenvalue weighted by Gasteiger charge is -2.08. The summed E-state index contributed by atoms with van der Waals surface area (Å²) in [6.07, 6.45) is 1.68. The van der Waals surface area contributed by atoms with Crippen LogP contribution in [0.3, 0.4) is 0 Å². The fourth-order valence-electron chi connectivity index (χ4n) is 1.66. The minimum Gasteiger partial charge on any atom is -0.314 e. The van der Waals surface area contributed by atoms with Crippen molar-refractivity contribution in [2.75, 3.05) is 7.05 Å². The van der Waals surface area contributed by atoms with E-state index in [1.807, 2.05) is 23.9 Å². The Balaban J connectivity index is 2.47. The van der Waals surface area contributed by atoms with Gasteiger partial charge in [0.05, 0.1) is 22.6 Å². The quantitative estimate of drug-likeness (QED) is 0.886. The van der Waals surface area contributed by atoms with Gasteiger partial charge in [-0.05, 0) is 31.7 Å². The summed E-state index contributed by atoms with van der Waals surface area (Å²) in [7, 11) is 1.89. The first-order valence-corrected chi connectivity index (χ1v) is 5.54. The van der Waals surface area contributed by atoms with Gasteiger partial charge in [-0.25, -0.2) is 4.68 Å². The van der Waals surface area contributed by atoms with E-state index in [0.29, 0.717) is 11.6 Å². The summed E-state index contributed by atoms with van der Waals surface area (Å²) >= 11 is 6.09. The van der Waals surface area contributed by atoms with Crippen molar-refractivity contribution in [1.82, 2.24) is 15.1 Å². The highest BCUT2D eigenvalue weighted by Crippen LogP contribution is 2.19. The molecule has 0 aliphatic heterocycles. The number of halogens is 1. The monoisotopic (exact) mass is 235 g/mol. The van der Waals surface area contributed by atoms with Crippen LogP contribution in [0, 0.1) is 6.92 Å². The van der Waals surface area contributed by atoms with Crippen LogP contribution in [0.1, 0.15) is 11.3 Å². The van der Waals surface area contributed by atoms with Gasteiger partial charge in [0.25, 0.3) is 0 Å². The zero-order valence-corrected chi connectivity index (χ0v) is 10.1. The van der Waals surface area contributed by atoms with E-state index in [-0.39, 0.29) is 0 Å². The van der Waals surface area contributed by atoms with Gasteiger partial charge < -0.3 is 5.32 Å². The first-order valence-electron chi connectivity index (χ1n) is 5.16. The van der Waals surface area contributed by atoms with Crippen molar-refractivity contribution in [2.45, 2.75) is 13.5 Å². The van der Waals surface area contributed by atoms with Gasteiger partial charge in [-0.2, -0.15) is 5.10 Å². The minimum atomic E-state index is 0.691. The molecule has 0 atom stereocenters. The number of hydrogen-bond donors (Lipinski definition) is 1. The molecule has 0 saturated carbocycles. The molecule has 1 aromatic carbocycles. The lowest BCUT2D eigenvalue weighted by molar-refractivity contribution is 0.729. The Morgan fingerprint density at radius 1 is 1.44 bits per heavy atom. The highest BCUT2D eigenvalue weighted by molar-refractivity contribution is 6.31. The average molecular weight is 236 g/mol. The summed E-state index contributed by atoms with van der Waals surface area (Å²) in [6, 6.07) is 8.19. The molecule has 2 aromatic rings. The second-order valence-corrected chi connectivity index (χ2v) is 4.13. The van der Waals surface area contributed by atoms with Gasteiger partial charge in [0.2, 0.25) is 0 Å². The third-order valence-electron chi connectivity index (χ3n) is 2.41. The maximum absolute atomic E-state index is 6.09. The second kappa shape index (κ2) is 4.68. The Labute approximate surface area is 100 Å². The summed E-state index contributed by atoms with van der Waals surface area (Å²) < 4.78 is 1.87. The van der Waals surface area contributed by atoms with Crippen LogP contribution in [0.4, 0.5) is 0 Å². The predicted molar refractivity (Wildman–Crippen MR) is 66.1 cm³/mol. The summed E-state index contributed by atoms with van der Waals surface area (Å²) in [5.74, 6) is 0. The summed E-state index contributed by atoms with van der Waals surface area (Å²) in [5, 5.41) is 8.07. The molecule has 84 valence electrons. The molecule has 1 aromatic heterocycles. The van der Waals surface area contributed by atoms with Crippen LogP contribution in [0.5, 0.6) is 0 Å². The highest BCUT2D eigenvalue weighted by Gasteiger charge is 2.09. The highest BCUT2D eigenvalue weighted by atomic mass is 35.5. The van der Waals surface area contributed by atoms with Crippen LogP contribution < -0.4 is 5.32 Å². The number of nitrogens with one attached hydrogen (secondary N) is 1.